The minimum absolute atomic E-state index is 0. The second-order valence-corrected chi connectivity index (χ2v) is 7.42. The molecule has 1 aromatic rings. The zero-order valence-electron chi connectivity index (χ0n) is 14.4. The highest BCUT2D eigenvalue weighted by Crippen LogP contribution is 2.36. The average molecular weight is 379 g/mol. The SMILES string of the molecule is CCCN(C1CCNCC1)S(=O)(=O)c1c(OC)cccc1OC.Cl. The molecule has 0 saturated carbocycles. The van der Waals surface area contributed by atoms with Gasteiger partial charge in [-0.25, -0.2) is 8.42 Å². The number of piperidine rings is 1. The summed E-state index contributed by atoms with van der Waals surface area (Å²) in [4.78, 5) is 0.122. The second kappa shape index (κ2) is 9.46. The van der Waals surface area contributed by atoms with E-state index >= 15 is 0 Å². The third kappa shape index (κ3) is 4.33. The van der Waals surface area contributed by atoms with Crippen LogP contribution in [0.25, 0.3) is 0 Å². The van der Waals surface area contributed by atoms with Gasteiger partial charge in [0, 0.05) is 12.6 Å². The van der Waals surface area contributed by atoms with Crippen molar-refractivity contribution in [3.8, 4) is 11.5 Å². The van der Waals surface area contributed by atoms with E-state index in [2.05, 4.69) is 5.32 Å². The van der Waals surface area contributed by atoms with Crippen LogP contribution in [0.3, 0.4) is 0 Å². The summed E-state index contributed by atoms with van der Waals surface area (Å²) in [6, 6.07) is 5.05. The molecular formula is C16H27ClN2O4S. The first-order valence-corrected chi connectivity index (χ1v) is 9.43. The van der Waals surface area contributed by atoms with Crippen molar-refractivity contribution >= 4 is 22.4 Å². The number of hydrogen-bond donors (Lipinski definition) is 1. The molecule has 0 radical (unpaired) electrons. The predicted molar refractivity (Wildman–Crippen MR) is 96.9 cm³/mol. The van der Waals surface area contributed by atoms with E-state index in [-0.39, 0.29) is 23.3 Å². The minimum Gasteiger partial charge on any atom is -0.495 e. The van der Waals surface area contributed by atoms with Gasteiger partial charge in [0.15, 0.2) is 4.90 Å². The molecule has 24 heavy (non-hydrogen) atoms. The maximum atomic E-state index is 13.3. The lowest BCUT2D eigenvalue weighted by Gasteiger charge is -2.34. The van der Waals surface area contributed by atoms with E-state index in [0.717, 1.165) is 32.4 Å². The molecule has 1 aliphatic heterocycles. The highest BCUT2D eigenvalue weighted by molar-refractivity contribution is 7.89. The van der Waals surface area contributed by atoms with Crippen LogP contribution in [-0.2, 0) is 10.0 Å². The lowest BCUT2D eigenvalue weighted by atomic mass is 10.1. The third-order valence-electron chi connectivity index (χ3n) is 4.11. The van der Waals surface area contributed by atoms with Gasteiger partial charge in [-0.15, -0.1) is 12.4 Å². The molecule has 1 heterocycles. The predicted octanol–water partition coefficient (Wildman–Crippen LogP) is 2.28. The Labute approximate surface area is 151 Å². The Kier molecular flexibility index (Phi) is 8.29. The van der Waals surface area contributed by atoms with Crippen LogP contribution in [0.4, 0.5) is 0 Å². The van der Waals surface area contributed by atoms with E-state index in [0.29, 0.717) is 18.0 Å². The van der Waals surface area contributed by atoms with Crippen molar-refractivity contribution in [2.24, 2.45) is 0 Å². The summed E-state index contributed by atoms with van der Waals surface area (Å²) >= 11 is 0. The second-order valence-electron chi connectivity index (χ2n) is 5.59. The Hall–Kier alpha value is -1.02. The summed E-state index contributed by atoms with van der Waals surface area (Å²) in [6.07, 6.45) is 2.40. The molecule has 0 aromatic heterocycles. The fraction of sp³-hybridized carbons (Fsp3) is 0.625. The van der Waals surface area contributed by atoms with Gasteiger partial charge in [-0.05, 0) is 44.5 Å². The van der Waals surface area contributed by atoms with Crippen LogP contribution in [0, 0.1) is 0 Å². The topological polar surface area (TPSA) is 67.9 Å². The number of rotatable bonds is 7. The van der Waals surface area contributed by atoms with Crippen LogP contribution >= 0.6 is 12.4 Å². The summed E-state index contributed by atoms with van der Waals surface area (Å²) < 4.78 is 38.9. The lowest BCUT2D eigenvalue weighted by molar-refractivity contribution is 0.260. The third-order valence-corrected chi connectivity index (χ3v) is 6.13. The standard InChI is InChI=1S/C16H26N2O4S.ClH/c1-4-12-18(13-8-10-17-11-9-13)23(19,20)16-14(21-2)6-5-7-15(16)22-3;/h5-7,13,17H,4,8-12H2,1-3H3;1H. The molecule has 8 heteroatoms. The normalized spacial score (nSPS) is 15.8. The molecule has 1 N–H and O–H groups in total. The quantitative estimate of drug-likeness (QED) is 0.788. The zero-order chi connectivity index (χ0) is 16.9. The Bertz CT molecular complexity index is 596. The number of halogens is 1. The van der Waals surface area contributed by atoms with Crippen LogP contribution in [-0.4, -0.2) is 52.6 Å². The van der Waals surface area contributed by atoms with Gasteiger partial charge in [0.2, 0.25) is 0 Å². The van der Waals surface area contributed by atoms with Crippen molar-refractivity contribution in [2.45, 2.75) is 37.1 Å². The molecule has 138 valence electrons. The fourth-order valence-corrected chi connectivity index (χ4v) is 5.07. The first kappa shape index (κ1) is 21.0. The van der Waals surface area contributed by atoms with Crippen LogP contribution < -0.4 is 14.8 Å². The number of methoxy groups -OCH3 is 2. The van der Waals surface area contributed by atoms with Crippen molar-refractivity contribution in [1.29, 1.82) is 0 Å². The molecule has 1 saturated heterocycles. The van der Waals surface area contributed by atoms with Gasteiger partial charge >= 0.3 is 0 Å². The molecule has 2 rings (SSSR count). The van der Waals surface area contributed by atoms with Gasteiger partial charge in [0.1, 0.15) is 11.5 Å². The summed E-state index contributed by atoms with van der Waals surface area (Å²) in [6.45, 7) is 4.16. The monoisotopic (exact) mass is 378 g/mol. The summed E-state index contributed by atoms with van der Waals surface area (Å²) in [7, 11) is -0.743. The zero-order valence-corrected chi connectivity index (χ0v) is 16.1. The molecule has 6 nitrogen and oxygen atoms in total. The Morgan fingerprint density at radius 2 is 1.71 bits per heavy atom. The molecule has 0 atom stereocenters. The van der Waals surface area contributed by atoms with E-state index in [1.54, 1.807) is 22.5 Å². The van der Waals surface area contributed by atoms with Crippen molar-refractivity contribution in [3.63, 3.8) is 0 Å². The van der Waals surface area contributed by atoms with Gasteiger partial charge < -0.3 is 14.8 Å². The van der Waals surface area contributed by atoms with E-state index in [1.807, 2.05) is 6.92 Å². The Morgan fingerprint density at radius 3 is 2.17 bits per heavy atom. The van der Waals surface area contributed by atoms with E-state index in [9.17, 15) is 8.42 Å². The molecule has 0 unspecified atom stereocenters. The molecular weight excluding hydrogens is 352 g/mol. The highest BCUT2D eigenvalue weighted by Gasteiger charge is 2.35. The number of sulfonamides is 1. The van der Waals surface area contributed by atoms with Crippen LogP contribution in [0.5, 0.6) is 11.5 Å². The first-order valence-electron chi connectivity index (χ1n) is 7.99. The molecule has 1 fully saturated rings. The van der Waals surface area contributed by atoms with Crippen LogP contribution in [0.15, 0.2) is 23.1 Å². The molecule has 1 aromatic carbocycles. The molecule has 0 amide bonds. The largest absolute Gasteiger partial charge is 0.495 e. The molecule has 1 aliphatic rings. The minimum atomic E-state index is -3.69. The maximum absolute atomic E-state index is 13.3. The summed E-state index contributed by atoms with van der Waals surface area (Å²) in [5.41, 5.74) is 0. The van der Waals surface area contributed by atoms with Crippen molar-refractivity contribution in [2.75, 3.05) is 33.9 Å². The lowest BCUT2D eigenvalue weighted by Crippen LogP contribution is -2.46. The van der Waals surface area contributed by atoms with Gasteiger partial charge in [0.05, 0.1) is 14.2 Å². The number of hydrogen-bond acceptors (Lipinski definition) is 5. The fourth-order valence-electron chi connectivity index (χ4n) is 3.00. The van der Waals surface area contributed by atoms with Crippen LogP contribution in [0.2, 0.25) is 0 Å². The molecule has 0 spiro atoms. The number of nitrogens with one attached hydrogen (secondary N) is 1. The van der Waals surface area contributed by atoms with Crippen LogP contribution in [0.1, 0.15) is 26.2 Å². The van der Waals surface area contributed by atoms with Gasteiger partial charge in [-0.3, -0.25) is 0 Å². The van der Waals surface area contributed by atoms with Gasteiger partial charge in [0.25, 0.3) is 10.0 Å². The number of nitrogens with zero attached hydrogens (tertiary/aromatic N) is 1. The molecule has 0 bridgehead atoms. The van der Waals surface area contributed by atoms with E-state index < -0.39 is 10.0 Å². The average Bonchev–Trinajstić information content (AvgIpc) is 2.59. The Balaban J connectivity index is 0.00000288. The van der Waals surface area contributed by atoms with Gasteiger partial charge in [-0.2, -0.15) is 4.31 Å². The highest BCUT2D eigenvalue weighted by atomic mass is 35.5. The Morgan fingerprint density at radius 1 is 1.17 bits per heavy atom. The van der Waals surface area contributed by atoms with Gasteiger partial charge in [-0.1, -0.05) is 13.0 Å². The summed E-state index contributed by atoms with van der Waals surface area (Å²) in [5.74, 6) is 0.638. The van der Waals surface area contributed by atoms with E-state index in [4.69, 9.17) is 9.47 Å². The molecule has 0 aliphatic carbocycles. The summed E-state index contributed by atoms with van der Waals surface area (Å²) in [5, 5.41) is 3.28. The number of ether oxygens (including phenoxy) is 2. The van der Waals surface area contributed by atoms with E-state index in [1.165, 1.54) is 14.2 Å². The first-order chi connectivity index (χ1) is 11.1. The maximum Gasteiger partial charge on any atom is 0.250 e. The van der Waals surface area contributed by atoms with Crippen molar-refractivity contribution in [3.05, 3.63) is 18.2 Å². The smallest absolute Gasteiger partial charge is 0.250 e. The number of benzene rings is 1. The van der Waals surface area contributed by atoms with Crippen molar-refractivity contribution in [1.82, 2.24) is 9.62 Å². The van der Waals surface area contributed by atoms with Crippen molar-refractivity contribution < 1.29 is 17.9 Å².